The quantitative estimate of drug-likeness (QED) is 0.251. The summed E-state index contributed by atoms with van der Waals surface area (Å²) in [5.41, 5.74) is 0.950. The normalized spacial score (nSPS) is 11.3. The molecular weight excluding hydrogens is 520 g/mol. The third kappa shape index (κ3) is 10.6. The van der Waals surface area contributed by atoms with Crippen LogP contribution in [0.5, 0.6) is 0 Å². The van der Waals surface area contributed by atoms with E-state index in [1.807, 2.05) is 52.5 Å². The van der Waals surface area contributed by atoms with Crippen molar-refractivity contribution in [1.82, 2.24) is 20.4 Å². The monoisotopic (exact) mass is 558 g/mol. The standard InChI is InChI=1S/C28H38N4O4S2/c1-31(2)17-23-8-10-25(35-23)19-37-14-12-29-27(33)21-6-5-7-22(16-21)28(34)30-13-15-38-20-26-11-9-24(36-26)18-32(3)4/h5-11,16H,12-15,17-20H2,1-4H3,(H,29,33)(H,30,34). The Labute approximate surface area is 233 Å². The second kappa shape index (κ2) is 15.7. The number of thioether (sulfide) groups is 2. The van der Waals surface area contributed by atoms with Gasteiger partial charge in [0.05, 0.1) is 24.6 Å². The lowest BCUT2D eigenvalue weighted by Gasteiger charge is -2.08. The summed E-state index contributed by atoms with van der Waals surface area (Å²) in [7, 11) is 8.03. The van der Waals surface area contributed by atoms with Crippen LogP contribution in [0.4, 0.5) is 0 Å². The third-order valence-corrected chi connectivity index (χ3v) is 7.28. The Morgan fingerprint density at radius 2 is 1.11 bits per heavy atom. The number of hydrogen-bond donors (Lipinski definition) is 2. The van der Waals surface area contributed by atoms with Gasteiger partial charge in [-0.25, -0.2) is 0 Å². The molecule has 2 N–H and O–H groups in total. The molecule has 0 saturated heterocycles. The molecule has 2 aromatic heterocycles. The minimum Gasteiger partial charge on any atom is -0.464 e. The first-order valence-corrected chi connectivity index (χ1v) is 14.9. The maximum atomic E-state index is 12.6. The van der Waals surface area contributed by atoms with Crippen molar-refractivity contribution in [2.24, 2.45) is 0 Å². The average molecular weight is 559 g/mol. The summed E-state index contributed by atoms with van der Waals surface area (Å²) in [4.78, 5) is 29.3. The molecule has 8 nitrogen and oxygen atoms in total. The predicted molar refractivity (Wildman–Crippen MR) is 156 cm³/mol. The molecule has 0 aliphatic rings. The largest absolute Gasteiger partial charge is 0.464 e. The Balaban J connectivity index is 1.32. The van der Waals surface area contributed by atoms with Crippen LogP contribution in [0.1, 0.15) is 43.8 Å². The fourth-order valence-corrected chi connectivity index (χ4v) is 5.11. The van der Waals surface area contributed by atoms with Crippen molar-refractivity contribution in [3.8, 4) is 0 Å². The van der Waals surface area contributed by atoms with Crippen molar-refractivity contribution in [1.29, 1.82) is 0 Å². The van der Waals surface area contributed by atoms with Gasteiger partial charge >= 0.3 is 0 Å². The number of nitrogens with one attached hydrogen (secondary N) is 2. The highest BCUT2D eigenvalue weighted by molar-refractivity contribution is 7.98. The van der Waals surface area contributed by atoms with E-state index < -0.39 is 0 Å². The van der Waals surface area contributed by atoms with E-state index in [4.69, 9.17) is 8.83 Å². The van der Waals surface area contributed by atoms with Crippen LogP contribution in [0.15, 0.2) is 57.4 Å². The molecular formula is C28H38N4O4S2. The van der Waals surface area contributed by atoms with E-state index >= 15 is 0 Å². The highest BCUT2D eigenvalue weighted by atomic mass is 32.2. The van der Waals surface area contributed by atoms with Crippen LogP contribution in [0.3, 0.4) is 0 Å². The van der Waals surface area contributed by atoms with Gasteiger partial charge in [-0.2, -0.15) is 23.5 Å². The minimum absolute atomic E-state index is 0.186. The summed E-state index contributed by atoms with van der Waals surface area (Å²) in [6.07, 6.45) is 0. The topological polar surface area (TPSA) is 91.0 Å². The number of benzene rings is 1. The van der Waals surface area contributed by atoms with E-state index in [0.717, 1.165) is 59.1 Å². The lowest BCUT2D eigenvalue weighted by atomic mass is 10.1. The first-order valence-electron chi connectivity index (χ1n) is 12.6. The first-order chi connectivity index (χ1) is 18.3. The maximum absolute atomic E-state index is 12.6. The lowest BCUT2D eigenvalue weighted by Crippen LogP contribution is -2.28. The van der Waals surface area contributed by atoms with Crippen molar-refractivity contribution < 1.29 is 18.4 Å². The zero-order valence-corrected chi connectivity index (χ0v) is 24.3. The molecule has 0 fully saturated rings. The summed E-state index contributed by atoms with van der Waals surface area (Å²) in [5.74, 6) is 6.45. The van der Waals surface area contributed by atoms with E-state index in [2.05, 4.69) is 20.4 Å². The summed E-state index contributed by atoms with van der Waals surface area (Å²) >= 11 is 3.41. The summed E-state index contributed by atoms with van der Waals surface area (Å²) in [5, 5.41) is 5.85. The molecule has 0 aliphatic carbocycles. The molecule has 2 heterocycles. The van der Waals surface area contributed by atoms with Crippen molar-refractivity contribution in [3.63, 3.8) is 0 Å². The number of carbonyl (C=O) groups is 2. The highest BCUT2D eigenvalue weighted by Crippen LogP contribution is 2.17. The maximum Gasteiger partial charge on any atom is 0.251 e. The number of amides is 2. The van der Waals surface area contributed by atoms with Crippen LogP contribution >= 0.6 is 23.5 Å². The van der Waals surface area contributed by atoms with Gasteiger partial charge in [-0.15, -0.1) is 0 Å². The van der Waals surface area contributed by atoms with Crippen LogP contribution < -0.4 is 10.6 Å². The Hall–Kier alpha value is -2.66. The lowest BCUT2D eigenvalue weighted by molar-refractivity contribution is 0.0955. The number of carbonyl (C=O) groups excluding carboxylic acids is 2. The van der Waals surface area contributed by atoms with Gasteiger partial charge in [-0.05, 0) is 70.7 Å². The summed E-state index contributed by atoms with van der Waals surface area (Å²) < 4.78 is 11.6. The molecule has 1 aromatic carbocycles. The van der Waals surface area contributed by atoms with Crippen LogP contribution in [0.2, 0.25) is 0 Å². The molecule has 0 radical (unpaired) electrons. The molecule has 0 saturated carbocycles. The second-order valence-electron chi connectivity index (χ2n) is 9.41. The SMILES string of the molecule is CN(C)Cc1ccc(CSCCNC(=O)c2cccc(C(=O)NCCSCc3ccc(CN(C)C)o3)c2)o1. The zero-order chi connectivity index (χ0) is 27.3. The Kier molecular flexibility index (Phi) is 12.3. The molecule has 0 atom stereocenters. The molecule has 206 valence electrons. The Bertz CT molecular complexity index is 1070. The van der Waals surface area contributed by atoms with Gasteiger partial charge in [-0.1, -0.05) is 6.07 Å². The number of furan rings is 2. The van der Waals surface area contributed by atoms with Gasteiger partial charge in [0.25, 0.3) is 11.8 Å². The highest BCUT2D eigenvalue weighted by Gasteiger charge is 2.11. The van der Waals surface area contributed by atoms with Gasteiger partial charge in [-0.3, -0.25) is 9.59 Å². The van der Waals surface area contributed by atoms with Gasteiger partial charge < -0.3 is 29.3 Å². The molecule has 0 aliphatic heterocycles. The van der Waals surface area contributed by atoms with Crippen molar-refractivity contribution in [3.05, 3.63) is 82.7 Å². The van der Waals surface area contributed by atoms with E-state index in [1.165, 1.54) is 0 Å². The van der Waals surface area contributed by atoms with Crippen molar-refractivity contribution in [2.45, 2.75) is 24.6 Å². The Morgan fingerprint density at radius 1 is 0.684 bits per heavy atom. The van der Waals surface area contributed by atoms with Crippen LogP contribution in [-0.4, -0.2) is 74.4 Å². The smallest absolute Gasteiger partial charge is 0.251 e. The van der Waals surface area contributed by atoms with Crippen LogP contribution in [-0.2, 0) is 24.6 Å². The number of nitrogens with zero attached hydrogens (tertiary/aromatic N) is 2. The molecule has 3 rings (SSSR count). The third-order valence-electron chi connectivity index (χ3n) is 5.32. The molecule has 10 heteroatoms. The van der Waals surface area contributed by atoms with E-state index in [9.17, 15) is 9.59 Å². The van der Waals surface area contributed by atoms with E-state index in [1.54, 1.807) is 47.8 Å². The molecule has 3 aromatic rings. The average Bonchev–Trinajstić information content (AvgIpc) is 3.51. The second-order valence-corrected chi connectivity index (χ2v) is 11.6. The number of rotatable bonds is 16. The molecule has 0 bridgehead atoms. The summed E-state index contributed by atoms with van der Waals surface area (Å²) in [6, 6.07) is 14.8. The number of hydrogen-bond acceptors (Lipinski definition) is 8. The van der Waals surface area contributed by atoms with Crippen molar-refractivity contribution in [2.75, 3.05) is 52.8 Å². The molecule has 2 amide bonds. The van der Waals surface area contributed by atoms with Gasteiger partial charge in [0.1, 0.15) is 23.0 Å². The molecule has 0 unspecified atom stereocenters. The van der Waals surface area contributed by atoms with Crippen LogP contribution in [0.25, 0.3) is 0 Å². The van der Waals surface area contributed by atoms with Gasteiger partial charge in [0.2, 0.25) is 0 Å². The van der Waals surface area contributed by atoms with E-state index in [0.29, 0.717) is 24.2 Å². The summed E-state index contributed by atoms with van der Waals surface area (Å²) in [6.45, 7) is 2.63. The van der Waals surface area contributed by atoms with Gasteiger partial charge in [0.15, 0.2) is 0 Å². The predicted octanol–water partition coefficient (Wildman–Crippen LogP) is 4.32. The fourth-order valence-electron chi connectivity index (χ4n) is 3.62. The fraction of sp³-hybridized carbons (Fsp3) is 0.429. The van der Waals surface area contributed by atoms with Gasteiger partial charge in [0, 0.05) is 35.7 Å². The molecule has 38 heavy (non-hydrogen) atoms. The van der Waals surface area contributed by atoms with E-state index in [-0.39, 0.29) is 11.8 Å². The van der Waals surface area contributed by atoms with Crippen LogP contribution in [0, 0.1) is 0 Å². The first kappa shape index (κ1) is 29.9. The minimum atomic E-state index is -0.186. The molecule has 0 spiro atoms. The van der Waals surface area contributed by atoms with Crippen molar-refractivity contribution >= 4 is 35.3 Å². The Morgan fingerprint density at radius 3 is 1.53 bits per heavy atom. The zero-order valence-electron chi connectivity index (χ0n) is 22.6.